The Bertz CT molecular complexity index is 842. The Balaban J connectivity index is 1.89. The van der Waals surface area contributed by atoms with Crippen molar-refractivity contribution in [1.29, 1.82) is 0 Å². The zero-order chi connectivity index (χ0) is 20.7. The van der Waals surface area contributed by atoms with Gasteiger partial charge >= 0.3 is 11.9 Å². The van der Waals surface area contributed by atoms with Crippen molar-refractivity contribution in [2.24, 2.45) is 0 Å². The number of benzene rings is 1. The van der Waals surface area contributed by atoms with Gasteiger partial charge in [0.25, 0.3) is 5.91 Å². The molecule has 2 aromatic rings. The fraction of sp³-hybridized carbons (Fsp3) is 0.381. The van der Waals surface area contributed by atoms with Gasteiger partial charge in [-0.25, -0.2) is 4.79 Å². The summed E-state index contributed by atoms with van der Waals surface area (Å²) >= 11 is 0. The molecule has 0 aliphatic rings. The predicted octanol–water partition coefficient (Wildman–Crippen LogP) is 2.70. The highest BCUT2D eigenvalue weighted by Crippen LogP contribution is 2.16. The molecule has 1 aromatic heterocycles. The van der Waals surface area contributed by atoms with Gasteiger partial charge in [0.15, 0.2) is 6.61 Å². The van der Waals surface area contributed by atoms with E-state index in [1.807, 2.05) is 37.3 Å². The van der Waals surface area contributed by atoms with E-state index in [0.717, 1.165) is 11.3 Å². The summed E-state index contributed by atoms with van der Waals surface area (Å²) in [7, 11) is 0. The Hall–Kier alpha value is -3.09. The number of rotatable bonds is 8. The van der Waals surface area contributed by atoms with E-state index in [1.165, 1.54) is 0 Å². The number of ether oxygens (including phenoxy) is 2. The van der Waals surface area contributed by atoms with Gasteiger partial charge in [-0.1, -0.05) is 30.3 Å². The number of aromatic nitrogens is 1. The first-order valence-corrected chi connectivity index (χ1v) is 9.17. The van der Waals surface area contributed by atoms with Crippen molar-refractivity contribution in [3.8, 4) is 0 Å². The molecular formula is C21H26N2O5. The fourth-order valence-electron chi connectivity index (χ4n) is 2.89. The molecular weight excluding hydrogens is 360 g/mol. The van der Waals surface area contributed by atoms with Gasteiger partial charge in [-0.3, -0.25) is 9.59 Å². The van der Waals surface area contributed by atoms with Crippen LogP contribution in [0.5, 0.6) is 0 Å². The first-order chi connectivity index (χ1) is 13.3. The van der Waals surface area contributed by atoms with Crippen molar-refractivity contribution in [3.63, 3.8) is 0 Å². The van der Waals surface area contributed by atoms with E-state index in [-0.39, 0.29) is 31.7 Å². The zero-order valence-corrected chi connectivity index (χ0v) is 16.7. The summed E-state index contributed by atoms with van der Waals surface area (Å²) in [5, 5.41) is 2.79. The zero-order valence-electron chi connectivity index (χ0n) is 16.7. The second-order valence-electron chi connectivity index (χ2n) is 6.45. The number of aryl methyl sites for hydroxylation is 1. The van der Waals surface area contributed by atoms with E-state index in [2.05, 4.69) is 5.32 Å². The van der Waals surface area contributed by atoms with Crippen LogP contribution in [0.2, 0.25) is 0 Å². The summed E-state index contributed by atoms with van der Waals surface area (Å²) in [6.45, 7) is 6.95. The predicted molar refractivity (Wildman–Crippen MR) is 104 cm³/mol. The first kappa shape index (κ1) is 21.2. The molecule has 1 heterocycles. The lowest BCUT2D eigenvalue weighted by Gasteiger charge is -2.14. The second-order valence-corrected chi connectivity index (χ2v) is 6.45. The number of nitrogens with one attached hydrogen (secondary N) is 1. The van der Waals surface area contributed by atoms with Crippen LogP contribution in [-0.2, 0) is 25.6 Å². The molecule has 0 spiro atoms. The first-order valence-electron chi connectivity index (χ1n) is 9.17. The molecule has 7 heteroatoms. The highest BCUT2D eigenvalue weighted by molar-refractivity contribution is 5.91. The van der Waals surface area contributed by atoms with Crippen LogP contribution in [0.3, 0.4) is 0 Å². The molecule has 0 unspecified atom stereocenters. The number of hydrogen-bond acceptors (Lipinski definition) is 5. The van der Waals surface area contributed by atoms with Gasteiger partial charge in [-0.05, 0) is 39.3 Å². The molecule has 0 saturated heterocycles. The van der Waals surface area contributed by atoms with Gasteiger partial charge in [0, 0.05) is 11.4 Å². The molecule has 0 aliphatic heterocycles. The van der Waals surface area contributed by atoms with Gasteiger partial charge in [0.2, 0.25) is 0 Å². The molecule has 0 saturated carbocycles. The quantitative estimate of drug-likeness (QED) is 0.705. The average Bonchev–Trinajstić information content (AvgIpc) is 2.95. The van der Waals surface area contributed by atoms with Crippen LogP contribution < -0.4 is 5.32 Å². The lowest BCUT2D eigenvalue weighted by Crippen LogP contribution is -2.31. The minimum absolute atomic E-state index is 0.0847. The van der Waals surface area contributed by atoms with Crippen LogP contribution in [0.25, 0.3) is 0 Å². The number of nitrogens with zero attached hydrogens (tertiary/aromatic N) is 1. The van der Waals surface area contributed by atoms with Crippen molar-refractivity contribution in [2.45, 2.75) is 40.3 Å². The molecule has 1 N–H and O–H groups in total. The lowest BCUT2D eigenvalue weighted by molar-refractivity contribution is -0.149. The van der Waals surface area contributed by atoms with Gasteiger partial charge in [0.05, 0.1) is 18.2 Å². The molecule has 0 aliphatic carbocycles. The third-order valence-corrected chi connectivity index (χ3v) is 4.40. The van der Waals surface area contributed by atoms with E-state index in [0.29, 0.717) is 11.3 Å². The van der Waals surface area contributed by atoms with E-state index in [4.69, 9.17) is 9.47 Å². The van der Waals surface area contributed by atoms with E-state index in [9.17, 15) is 14.4 Å². The van der Waals surface area contributed by atoms with Gasteiger partial charge < -0.3 is 19.4 Å². The summed E-state index contributed by atoms with van der Waals surface area (Å²) in [6.07, 6.45) is 0. The van der Waals surface area contributed by atoms with E-state index < -0.39 is 11.9 Å². The van der Waals surface area contributed by atoms with Crippen molar-refractivity contribution in [1.82, 2.24) is 9.88 Å². The number of amides is 1. The Morgan fingerprint density at radius 1 is 1.11 bits per heavy atom. The second kappa shape index (κ2) is 9.73. The molecule has 0 fully saturated rings. The van der Waals surface area contributed by atoms with Crippen LogP contribution in [0, 0.1) is 13.8 Å². The van der Waals surface area contributed by atoms with Crippen LogP contribution in [0.1, 0.15) is 47.2 Å². The summed E-state index contributed by atoms with van der Waals surface area (Å²) in [6, 6.07) is 11.0. The molecule has 0 bridgehead atoms. The molecule has 1 atom stereocenters. The summed E-state index contributed by atoms with van der Waals surface area (Å²) in [4.78, 5) is 36.1. The van der Waals surface area contributed by atoms with Gasteiger partial charge in [-0.15, -0.1) is 0 Å². The van der Waals surface area contributed by atoms with Crippen LogP contribution in [0.15, 0.2) is 36.4 Å². The van der Waals surface area contributed by atoms with Gasteiger partial charge in [-0.2, -0.15) is 0 Å². The molecule has 7 nitrogen and oxygen atoms in total. The van der Waals surface area contributed by atoms with Crippen molar-refractivity contribution >= 4 is 17.8 Å². The summed E-state index contributed by atoms with van der Waals surface area (Å²) in [5.74, 6) is -1.36. The number of hydrogen-bond donors (Lipinski definition) is 1. The molecule has 2 rings (SSSR count). The highest BCUT2D eigenvalue weighted by Gasteiger charge is 2.19. The minimum Gasteiger partial charge on any atom is -0.462 e. The number of carbonyl (C=O) groups excluding carboxylic acids is 3. The smallest absolute Gasteiger partial charge is 0.339 e. The van der Waals surface area contributed by atoms with Crippen LogP contribution >= 0.6 is 0 Å². The van der Waals surface area contributed by atoms with Crippen LogP contribution in [-0.4, -0.2) is 35.6 Å². The SMILES string of the molecule is CCOC(=O)c1cc(C)n(CC(=O)OCC(=O)N[C@@H](C)c2ccccc2)c1C. The highest BCUT2D eigenvalue weighted by atomic mass is 16.5. The average molecular weight is 386 g/mol. The topological polar surface area (TPSA) is 86.6 Å². The Labute approximate surface area is 164 Å². The Morgan fingerprint density at radius 2 is 1.79 bits per heavy atom. The summed E-state index contributed by atoms with van der Waals surface area (Å²) in [5.41, 5.74) is 2.74. The third kappa shape index (κ3) is 5.45. The Morgan fingerprint density at radius 3 is 2.43 bits per heavy atom. The molecule has 1 aromatic carbocycles. The molecule has 150 valence electrons. The molecule has 0 radical (unpaired) electrons. The molecule has 28 heavy (non-hydrogen) atoms. The number of carbonyl (C=O) groups is 3. The van der Waals surface area contributed by atoms with Crippen molar-refractivity contribution in [3.05, 3.63) is 58.9 Å². The number of esters is 2. The largest absolute Gasteiger partial charge is 0.462 e. The maximum atomic E-state index is 12.1. The van der Waals surface area contributed by atoms with Crippen LogP contribution in [0.4, 0.5) is 0 Å². The minimum atomic E-state index is -0.556. The maximum Gasteiger partial charge on any atom is 0.339 e. The maximum absolute atomic E-state index is 12.1. The monoisotopic (exact) mass is 386 g/mol. The fourth-order valence-corrected chi connectivity index (χ4v) is 2.89. The Kier molecular flexibility index (Phi) is 7.37. The normalized spacial score (nSPS) is 11.6. The third-order valence-electron chi connectivity index (χ3n) is 4.40. The van der Waals surface area contributed by atoms with Crippen molar-refractivity contribution < 1.29 is 23.9 Å². The van der Waals surface area contributed by atoms with E-state index in [1.54, 1.807) is 31.4 Å². The van der Waals surface area contributed by atoms with E-state index >= 15 is 0 Å². The molecule has 1 amide bonds. The van der Waals surface area contributed by atoms with Gasteiger partial charge in [0.1, 0.15) is 6.54 Å². The lowest BCUT2D eigenvalue weighted by atomic mass is 10.1. The summed E-state index contributed by atoms with van der Waals surface area (Å²) < 4.78 is 11.8. The standard InChI is InChI=1S/C21H26N2O5/c1-5-27-21(26)18-11-14(2)23(16(18)4)12-20(25)28-13-19(24)22-15(3)17-9-7-6-8-10-17/h6-11,15H,5,12-13H2,1-4H3,(H,22,24)/t15-/m0/s1. The van der Waals surface area contributed by atoms with Crippen molar-refractivity contribution in [2.75, 3.05) is 13.2 Å².